The van der Waals surface area contributed by atoms with Crippen molar-refractivity contribution in [2.75, 3.05) is 5.32 Å². The highest BCUT2D eigenvalue weighted by Crippen LogP contribution is 2.35. The molecule has 4 heteroatoms. The zero-order valence-electron chi connectivity index (χ0n) is 10.0. The van der Waals surface area contributed by atoms with Crippen LogP contribution < -0.4 is 5.32 Å². The molecule has 3 atom stereocenters. The molecule has 3 heterocycles. The van der Waals surface area contributed by atoms with Crippen LogP contribution in [-0.4, -0.2) is 28.2 Å². The zero-order valence-corrected chi connectivity index (χ0v) is 10.0. The molecule has 1 aromatic carbocycles. The lowest BCUT2D eigenvalue weighted by Gasteiger charge is -2.20. The number of hydrogen-bond donors (Lipinski definition) is 1. The van der Waals surface area contributed by atoms with Crippen molar-refractivity contribution in [3.63, 3.8) is 0 Å². The zero-order chi connectivity index (χ0) is 11.9. The topological polar surface area (TPSA) is 47.0 Å². The number of ether oxygens (including phenoxy) is 1. The number of fused-ring (bicyclic) bond motifs is 3. The molecule has 0 aliphatic carbocycles. The summed E-state index contributed by atoms with van der Waals surface area (Å²) in [5, 5.41) is 3.47. The molecule has 0 saturated carbocycles. The van der Waals surface area contributed by atoms with Gasteiger partial charge in [0.15, 0.2) is 0 Å². The number of rotatable bonds is 2. The fourth-order valence-electron chi connectivity index (χ4n) is 3.01. The number of para-hydroxylation sites is 2. The molecule has 0 radical (unpaired) electrons. The van der Waals surface area contributed by atoms with Gasteiger partial charge in [-0.25, -0.2) is 4.98 Å². The van der Waals surface area contributed by atoms with Crippen molar-refractivity contribution in [1.29, 1.82) is 0 Å². The molecule has 2 fully saturated rings. The molecule has 2 aliphatic rings. The normalized spacial score (nSPS) is 29.9. The molecule has 1 aromatic heterocycles. The van der Waals surface area contributed by atoms with Crippen molar-refractivity contribution in [3.05, 3.63) is 30.5 Å². The summed E-state index contributed by atoms with van der Waals surface area (Å²) in [7, 11) is 0. The summed E-state index contributed by atoms with van der Waals surface area (Å²) < 4.78 is 5.83. The van der Waals surface area contributed by atoms with Crippen LogP contribution in [0.15, 0.2) is 30.5 Å². The molecule has 2 aromatic rings. The summed E-state index contributed by atoms with van der Waals surface area (Å²) >= 11 is 0. The summed E-state index contributed by atoms with van der Waals surface area (Å²) in [4.78, 5) is 9.01. The minimum atomic E-state index is 0.364. The Labute approximate surface area is 105 Å². The van der Waals surface area contributed by atoms with Gasteiger partial charge in [-0.2, -0.15) is 0 Å². The van der Waals surface area contributed by atoms with E-state index in [0.717, 1.165) is 23.3 Å². The van der Waals surface area contributed by atoms with E-state index in [1.165, 1.54) is 12.8 Å². The van der Waals surface area contributed by atoms with Gasteiger partial charge in [-0.1, -0.05) is 12.1 Å². The van der Waals surface area contributed by atoms with Crippen LogP contribution in [0.4, 0.5) is 5.82 Å². The van der Waals surface area contributed by atoms with Gasteiger partial charge in [0, 0.05) is 0 Å². The maximum Gasteiger partial charge on any atom is 0.145 e. The molecule has 4 rings (SSSR count). The van der Waals surface area contributed by atoms with Gasteiger partial charge in [0.1, 0.15) is 5.82 Å². The van der Waals surface area contributed by atoms with E-state index in [9.17, 15) is 0 Å². The van der Waals surface area contributed by atoms with Crippen molar-refractivity contribution < 1.29 is 4.74 Å². The van der Waals surface area contributed by atoms with Crippen molar-refractivity contribution in [3.8, 4) is 0 Å². The Hall–Kier alpha value is -1.68. The fraction of sp³-hybridized carbons (Fsp3) is 0.429. The van der Waals surface area contributed by atoms with Gasteiger partial charge in [0.05, 0.1) is 35.5 Å². The SMILES string of the molecule is c1ccc2nc(NC3CC4CCC3O4)cnc2c1. The maximum absolute atomic E-state index is 5.83. The first kappa shape index (κ1) is 10.3. The number of benzene rings is 1. The first-order valence-corrected chi connectivity index (χ1v) is 6.52. The van der Waals surface area contributed by atoms with Crippen LogP contribution in [0.25, 0.3) is 11.0 Å². The van der Waals surface area contributed by atoms with Crippen LogP contribution in [0, 0.1) is 0 Å². The lowest BCUT2D eigenvalue weighted by atomic mass is 9.95. The van der Waals surface area contributed by atoms with Crippen molar-refractivity contribution in [2.24, 2.45) is 0 Å². The van der Waals surface area contributed by atoms with E-state index in [0.29, 0.717) is 18.2 Å². The monoisotopic (exact) mass is 241 g/mol. The molecule has 0 amide bonds. The third-order valence-electron chi connectivity index (χ3n) is 3.89. The molecule has 0 spiro atoms. The van der Waals surface area contributed by atoms with Crippen molar-refractivity contribution >= 4 is 16.9 Å². The Morgan fingerprint density at radius 2 is 2.06 bits per heavy atom. The van der Waals surface area contributed by atoms with E-state index in [2.05, 4.69) is 15.3 Å². The highest BCUT2D eigenvalue weighted by atomic mass is 16.5. The lowest BCUT2D eigenvalue weighted by Crippen LogP contribution is -2.30. The average Bonchev–Trinajstić information content (AvgIpc) is 3.01. The largest absolute Gasteiger partial charge is 0.373 e. The first-order valence-electron chi connectivity index (χ1n) is 6.52. The third-order valence-corrected chi connectivity index (χ3v) is 3.89. The molecule has 18 heavy (non-hydrogen) atoms. The van der Waals surface area contributed by atoms with Gasteiger partial charge in [0.2, 0.25) is 0 Å². The summed E-state index contributed by atoms with van der Waals surface area (Å²) in [5.41, 5.74) is 1.87. The molecule has 2 bridgehead atoms. The quantitative estimate of drug-likeness (QED) is 0.876. The molecular weight excluding hydrogens is 226 g/mol. The number of hydrogen-bond acceptors (Lipinski definition) is 4. The number of nitrogens with zero attached hydrogens (tertiary/aromatic N) is 2. The second kappa shape index (κ2) is 3.92. The Morgan fingerprint density at radius 3 is 2.83 bits per heavy atom. The van der Waals surface area contributed by atoms with Gasteiger partial charge < -0.3 is 10.1 Å². The summed E-state index contributed by atoms with van der Waals surface area (Å²) in [6, 6.07) is 8.34. The number of nitrogens with one attached hydrogen (secondary N) is 1. The van der Waals surface area contributed by atoms with E-state index >= 15 is 0 Å². The second-order valence-corrected chi connectivity index (χ2v) is 5.10. The van der Waals surface area contributed by atoms with E-state index < -0.39 is 0 Å². The van der Waals surface area contributed by atoms with Gasteiger partial charge in [0.25, 0.3) is 0 Å². The van der Waals surface area contributed by atoms with Crippen LogP contribution in [0.3, 0.4) is 0 Å². The molecule has 2 aliphatic heterocycles. The minimum Gasteiger partial charge on any atom is -0.373 e. The van der Waals surface area contributed by atoms with E-state index in [4.69, 9.17) is 4.74 Å². The van der Waals surface area contributed by atoms with Crippen LogP contribution in [0.5, 0.6) is 0 Å². The molecule has 4 nitrogen and oxygen atoms in total. The Balaban J connectivity index is 1.59. The molecular formula is C14H15N3O. The molecule has 2 saturated heterocycles. The van der Waals surface area contributed by atoms with Gasteiger partial charge in [-0.3, -0.25) is 4.98 Å². The Morgan fingerprint density at radius 1 is 1.17 bits per heavy atom. The predicted molar refractivity (Wildman–Crippen MR) is 69.5 cm³/mol. The highest BCUT2D eigenvalue weighted by molar-refractivity contribution is 5.75. The van der Waals surface area contributed by atoms with Gasteiger partial charge in [-0.05, 0) is 31.4 Å². The van der Waals surface area contributed by atoms with Crippen LogP contribution in [-0.2, 0) is 4.74 Å². The maximum atomic E-state index is 5.83. The second-order valence-electron chi connectivity index (χ2n) is 5.10. The minimum absolute atomic E-state index is 0.364. The van der Waals surface area contributed by atoms with Crippen molar-refractivity contribution in [1.82, 2.24) is 9.97 Å². The third kappa shape index (κ3) is 1.64. The Bertz CT molecular complexity index is 586. The first-order chi connectivity index (χ1) is 8.88. The van der Waals surface area contributed by atoms with Gasteiger partial charge in [-0.15, -0.1) is 0 Å². The standard InChI is InChI=1S/C14H15N3O/c1-2-4-11-10(3-1)15-8-14(16-11)17-12-7-9-5-6-13(12)18-9/h1-4,8-9,12-13H,5-7H2,(H,16,17). The van der Waals surface area contributed by atoms with Crippen molar-refractivity contribution in [2.45, 2.75) is 37.5 Å². The molecule has 1 N–H and O–H groups in total. The molecule has 3 unspecified atom stereocenters. The summed E-state index contributed by atoms with van der Waals surface area (Å²) in [5.74, 6) is 0.856. The number of aromatic nitrogens is 2. The lowest BCUT2D eigenvalue weighted by molar-refractivity contribution is 0.102. The highest BCUT2D eigenvalue weighted by Gasteiger charge is 2.40. The smallest absolute Gasteiger partial charge is 0.145 e. The predicted octanol–water partition coefficient (Wildman–Crippen LogP) is 2.36. The fourth-order valence-corrected chi connectivity index (χ4v) is 3.01. The number of anilines is 1. The average molecular weight is 241 g/mol. The summed E-state index contributed by atoms with van der Waals surface area (Å²) in [6.07, 6.45) is 6.12. The van der Waals surface area contributed by atoms with E-state index in [1.54, 1.807) is 0 Å². The summed E-state index contributed by atoms with van der Waals surface area (Å²) in [6.45, 7) is 0. The Kier molecular flexibility index (Phi) is 2.23. The van der Waals surface area contributed by atoms with Crippen LogP contribution in [0.1, 0.15) is 19.3 Å². The van der Waals surface area contributed by atoms with E-state index in [-0.39, 0.29) is 0 Å². The van der Waals surface area contributed by atoms with Crippen LogP contribution in [0.2, 0.25) is 0 Å². The van der Waals surface area contributed by atoms with E-state index in [1.807, 2.05) is 30.5 Å². The molecule has 92 valence electrons. The van der Waals surface area contributed by atoms with Crippen LogP contribution >= 0.6 is 0 Å². The van der Waals surface area contributed by atoms with Gasteiger partial charge >= 0.3 is 0 Å².